The molecule has 2 atom stereocenters. The average Bonchev–Trinajstić information content (AvgIpc) is 2.37. The van der Waals surface area contributed by atoms with Crippen LogP contribution in [0.25, 0.3) is 0 Å². The molecule has 114 valence electrons. The van der Waals surface area contributed by atoms with E-state index >= 15 is 0 Å². The van der Waals surface area contributed by atoms with E-state index in [2.05, 4.69) is 15.0 Å². The second kappa shape index (κ2) is 7.70. The first-order valence-corrected chi connectivity index (χ1v) is 9.58. The van der Waals surface area contributed by atoms with Crippen molar-refractivity contribution in [2.24, 2.45) is 0 Å². The normalized spacial score (nSPS) is 14.8. The Morgan fingerprint density at radius 3 is 2.75 bits per heavy atom. The zero-order valence-electron chi connectivity index (χ0n) is 11.9. The third-order valence-electron chi connectivity index (χ3n) is 2.64. The smallest absolute Gasteiger partial charge is 0.244 e. The molecule has 2 N–H and O–H groups in total. The lowest BCUT2D eigenvalue weighted by Crippen LogP contribution is -2.34. The fraction of sp³-hybridized carbons (Fsp3) is 0.583. The first-order chi connectivity index (χ1) is 9.36. The topological polar surface area (TPSA) is 88.2 Å². The van der Waals surface area contributed by atoms with Gasteiger partial charge in [-0.15, -0.1) is 0 Å². The van der Waals surface area contributed by atoms with Crippen LogP contribution in [0.15, 0.2) is 23.4 Å². The van der Waals surface area contributed by atoms with Crippen LogP contribution < -0.4 is 10.0 Å². The highest BCUT2D eigenvalue weighted by molar-refractivity contribution is 7.89. The minimum absolute atomic E-state index is 0.131. The van der Waals surface area contributed by atoms with Crippen LogP contribution in [0.4, 0.5) is 5.69 Å². The maximum absolute atomic E-state index is 12.3. The minimum atomic E-state index is -3.63. The van der Waals surface area contributed by atoms with Crippen LogP contribution in [0, 0.1) is 0 Å². The van der Waals surface area contributed by atoms with Crippen LogP contribution >= 0.6 is 0 Å². The lowest BCUT2D eigenvalue weighted by Gasteiger charge is -2.16. The monoisotopic (exact) mass is 319 g/mol. The number of nitrogens with one attached hydrogen (secondary N) is 2. The fourth-order valence-electron chi connectivity index (χ4n) is 1.66. The minimum Gasteiger partial charge on any atom is -0.384 e. The molecule has 0 aliphatic heterocycles. The summed E-state index contributed by atoms with van der Waals surface area (Å²) in [6, 6.07) is 1.35. The summed E-state index contributed by atoms with van der Waals surface area (Å²) >= 11 is 0. The molecule has 0 aromatic carbocycles. The summed E-state index contributed by atoms with van der Waals surface area (Å²) in [6.45, 7) is 4.27. The molecule has 0 aliphatic rings. The fourth-order valence-corrected chi connectivity index (χ4v) is 3.75. The zero-order chi connectivity index (χ0) is 15.2. The maximum Gasteiger partial charge on any atom is 0.244 e. The van der Waals surface area contributed by atoms with E-state index < -0.39 is 20.8 Å². The second-order valence-corrected chi connectivity index (χ2v) is 7.73. The van der Waals surface area contributed by atoms with Crippen molar-refractivity contribution in [3.05, 3.63) is 18.5 Å². The molecule has 0 saturated heterocycles. The van der Waals surface area contributed by atoms with E-state index in [0.717, 1.165) is 0 Å². The molecule has 8 heteroatoms. The molecule has 0 saturated carbocycles. The first kappa shape index (κ1) is 17.1. The largest absolute Gasteiger partial charge is 0.384 e. The number of hydrogen-bond donors (Lipinski definition) is 2. The van der Waals surface area contributed by atoms with Crippen molar-refractivity contribution in [1.29, 1.82) is 0 Å². The van der Waals surface area contributed by atoms with Crippen molar-refractivity contribution in [3.8, 4) is 0 Å². The highest BCUT2D eigenvalue weighted by atomic mass is 32.2. The second-order valence-electron chi connectivity index (χ2n) is 4.49. The Balaban J connectivity index is 2.85. The highest BCUT2D eigenvalue weighted by Gasteiger charge is 2.21. The molecule has 0 fully saturated rings. The molecule has 0 spiro atoms. The van der Waals surface area contributed by atoms with Crippen LogP contribution in [0.1, 0.15) is 20.3 Å². The van der Waals surface area contributed by atoms with Crippen LogP contribution in [0.5, 0.6) is 0 Å². The molecule has 20 heavy (non-hydrogen) atoms. The third kappa shape index (κ3) is 5.18. The molecular weight excluding hydrogens is 298 g/mol. The molecule has 1 heterocycles. The van der Waals surface area contributed by atoms with E-state index in [4.69, 9.17) is 0 Å². The van der Waals surface area contributed by atoms with E-state index in [1.165, 1.54) is 6.20 Å². The van der Waals surface area contributed by atoms with Gasteiger partial charge in [0, 0.05) is 47.8 Å². The summed E-state index contributed by atoms with van der Waals surface area (Å²) < 4.78 is 38.3. The van der Waals surface area contributed by atoms with Gasteiger partial charge in [-0.05, 0) is 26.3 Å². The highest BCUT2D eigenvalue weighted by Crippen LogP contribution is 2.19. The zero-order valence-corrected chi connectivity index (χ0v) is 13.6. The van der Waals surface area contributed by atoms with Crippen LogP contribution in [0.2, 0.25) is 0 Å². The van der Waals surface area contributed by atoms with Gasteiger partial charge < -0.3 is 5.32 Å². The first-order valence-electron chi connectivity index (χ1n) is 6.37. The van der Waals surface area contributed by atoms with Gasteiger partial charge in [-0.2, -0.15) is 0 Å². The summed E-state index contributed by atoms with van der Waals surface area (Å²) in [4.78, 5) is 4.00. The molecule has 0 aliphatic carbocycles. The van der Waals surface area contributed by atoms with Crippen molar-refractivity contribution in [3.63, 3.8) is 0 Å². The van der Waals surface area contributed by atoms with E-state index in [-0.39, 0.29) is 10.9 Å². The lowest BCUT2D eigenvalue weighted by molar-refractivity contribution is 0.555. The molecule has 1 aromatic heterocycles. The van der Waals surface area contributed by atoms with Crippen molar-refractivity contribution >= 4 is 26.5 Å². The molecule has 6 nitrogen and oxygen atoms in total. The van der Waals surface area contributed by atoms with Gasteiger partial charge in [-0.1, -0.05) is 0 Å². The van der Waals surface area contributed by atoms with Gasteiger partial charge in [0.2, 0.25) is 10.0 Å². The number of sulfonamides is 1. The van der Waals surface area contributed by atoms with Crippen molar-refractivity contribution in [2.45, 2.75) is 31.2 Å². The van der Waals surface area contributed by atoms with Crippen molar-refractivity contribution in [1.82, 2.24) is 9.71 Å². The van der Waals surface area contributed by atoms with E-state index in [1.807, 2.05) is 6.92 Å². The molecular formula is C12H21N3O3S2. The van der Waals surface area contributed by atoms with Gasteiger partial charge in [0.15, 0.2) is 0 Å². The predicted octanol–water partition coefficient (Wildman–Crippen LogP) is 0.949. The lowest BCUT2D eigenvalue weighted by atomic mass is 10.3. The van der Waals surface area contributed by atoms with Gasteiger partial charge in [-0.3, -0.25) is 9.19 Å². The molecule has 1 aromatic rings. The van der Waals surface area contributed by atoms with Crippen LogP contribution in [0.3, 0.4) is 0 Å². The van der Waals surface area contributed by atoms with E-state index in [9.17, 15) is 12.6 Å². The number of aromatic nitrogens is 1. The van der Waals surface area contributed by atoms with E-state index in [1.54, 1.807) is 25.4 Å². The summed E-state index contributed by atoms with van der Waals surface area (Å²) in [5.74, 6) is 0.469. The molecule has 1 rings (SSSR count). The SMILES string of the molecule is CCNc1ccncc1S(=O)(=O)NC(C)CCS(C)=O. The molecule has 2 unspecified atom stereocenters. The quantitative estimate of drug-likeness (QED) is 0.745. The van der Waals surface area contributed by atoms with Gasteiger partial charge >= 0.3 is 0 Å². The van der Waals surface area contributed by atoms with Crippen molar-refractivity contribution < 1.29 is 12.6 Å². The van der Waals surface area contributed by atoms with Crippen LogP contribution in [-0.2, 0) is 20.8 Å². The molecule has 0 bridgehead atoms. The number of anilines is 1. The Hall–Kier alpha value is -0.990. The Morgan fingerprint density at radius 2 is 2.15 bits per heavy atom. The van der Waals surface area contributed by atoms with Gasteiger partial charge in [0.25, 0.3) is 0 Å². The van der Waals surface area contributed by atoms with Gasteiger partial charge in [-0.25, -0.2) is 13.1 Å². The maximum atomic E-state index is 12.3. The third-order valence-corrected chi connectivity index (χ3v) is 5.06. The Kier molecular flexibility index (Phi) is 6.57. The van der Waals surface area contributed by atoms with Crippen molar-refractivity contribution in [2.75, 3.05) is 23.9 Å². The number of nitrogens with zero attached hydrogens (tertiary/aromatic N) is 1. The molecule has 0 amide bonds. The number of rotatable bonds is 8. The Morgan fingerprint density at radius 1 is 1.45 bits per heavy atom. The predicted molar refractivity (Wildman–Crippen MR) is 81.7 cm³/mol. The summed E-state index contributed by atoms with van der Waals surface area (Å²) in [5.41, 5.74) is 0.529. The number of hydrogen-bond acceptors (Lipinski definition) is 5. The summed E-state index contributed by atoms with van der Waals surface area (Å²) in [7, 11) is -4.56. The summed E-state index contributed by atoms with van der Waals surface area (Å²) in [5, 5.41) is 3.00. The Bertz CT molecular complexity index is 561. The molecule has 0 radical (unpaired) electrons. The Labute approximate surface area is 122 Å². The van der Waals surface area contributed by atoms with E-state index in [0.29, 0.717) is 24.4 Å². The average molecular weight is 319 g/mol. The van der Waals surface area contributed by atoms with Crippen LogP contribution in [-0.4, -0.2) is 42.2 Å². The van der Waals surface area contributed by atoms with Gasteiger partial charge in [0.1, 0.15) is 4.90 Å². The number of pyridine rings is 1. The van der Waals surface area contributed by atoms with Gasteiger partial charge in [0.05, 0.1) is 5.69 Å². The standard InChI is InChI=1S/C12H21N3O3S2/c1-4-14-11-5-7-13-9-12(11)20(17,18)15-10(2)6-8-19(3)16/h5,7,9-10,15H,4,6,8H2,1-3H3,(H,13,14). The summed E-state index contributed by atoms with van der Waals surface area (Å²) in [6.07, 6.45) is 5.00.